The molecule has 0 aromatic heterocycles. The summed E-state index contributed by atoms with van der Waals surface area (Å²) in [7, 11) is 0. The van der Waals surface area contributed by atoms with Crippen LogP contribution in [-0.2, 0) is 6.42 Å². The Morgan fingerprint density at radius 3 is 2.61 bits per heavy atom. The summed E-state index contributed by atoms with van der Waals surface area (Å²) in [6.07, 6.45) is 1.96. The lowest BCUT2D eigenvalue weighted by molar-refractivity contribution is -0.480. The van der Waals surface area contributed by atoms with Crippen LogP contribution in [0.3, 0.4) is 0 Å². The van der Waals surface area contributed by atoms with Gasteiger partial charge in [0.25, 0.3) is 0 Å². The van der Waals surface area contributed by atoms with E-state index in [1.165, 1.54) is 12.1 Å². The van der Waals surface area contributed by atoms with Crippen LogP contribution in [0, 0.1) is 10.1 Å². The normalized spacial score (nSPS) is 10.4. The molecule has 0 amide bonds. The van der Waals surface area contributed by atoms with Gasteiger partial charge in [-0.1, -0.05) is 6.07 Å². The van der Waals surface area contributed by atoms with Gasteiger partial charge >= 0.3 is 0 Å². The molecular weight excluding hydrogens is 236 g/mol. The van der Waals surface area contributed by atoms with Crippen molar-refractivity contribution in [2.75, 3.05) is 19.6 Å². The highest BCUT2D eigenvalue weighted by atomic mass is 16.6. The SMILES string of the molecule is O=[N+]([O-])CCCC[N]CCc1ccc(O)c(O)c1. The van der Waals surface area contributed by atoms with Crippen molar-refractivity contribution < 1.29 is 15.1 Å². The van der Waals surface area contributed by atoms with E-state index in [1.807, 2.05) is 0 Å². The highest BCUT2D eigenvalue weighted by Gasteiger charge is 2.01. The van der Waals surface area contributed by atoms with Crippen LogP contribution in [0.2, 0.25) is 0 Å². The summed E-state index contributed by atoms with van der Waals surface area (Å²) in [5, 5.41) is 32.7. The predicted molar refractivity (Wildman–Crippen MR) is 66.4 cm³/mol. The van der Waals surface area contributed by atoms with Gasteiger partial charge in [-0.25, -0.2) is 5.32 Å². The van der Waals surface area contributed by atoms with Crippen molar-refractivity contribution >= 4 is 0 Å². The Hall–Kier alpha value is -1.82. The van der Waals surface area contributed by atoms with Crippen molar-refractivity contribution in [1.82, 2.24) is 5.32 Å². The van der Waals surface area contributed by atoms with Crippen LogP contribution in [0.4, 0.5) is 0 Å². The number of benzene rings is 1. The molecule has 0 saturated heterocycles. The van der Waals surface area contributed by atoms with Crippen LogP contribution in [0.1, 0.15) is 18.4 Å². The van der Waals surface area contributed by atoms with Gasteiger partial charge in [-0.2, -0.15) is 0 Å². The molecule has 0 aliphatic heterocycles. The number of hydrogen-bond acceptors (Lipinski definition) is 4. The lowest BCUT2D eigenvalue weighted by atomic mass is 10.1. The molecule has 6 heteroatoms. The largest absolute Gasteiger partial charge is 0.504 e. The summed E-state index contributed by atoms with van der Waals surface area (Å²) < 4.78 is 0. The van der Waals surface area contributed by atoms with Gasteiger partial charge in [0.05, 0.1) is 0 Å². The van der Waals surface area contributed by atoms with E-state index in [4.69, 9.17) is 5.11 Å². The van der Waals surface area contributed by atoms with Gasteiger partial charge in [-0.15, -0.1) is 0 Å². The van der Waals surface area contributed by atoms with E-state index < -0.39 is 0 Å². The molecule has 0 saturated carbocycles. The molecule has 1 rings (SSSR count). The molecule has 0 unspecified atom stereocenters. The third-order valence-corrected chi connectivity index (χ3v) is 2.51. The van der Waals surface area contributed by atoms with Crippen LogP contribution in [0.5, 0.6) is 11.5 Å². The van der Waals surface area contributed by atoms with E-state index in [1.54, 1.807) is 6.07 Å². The van der Waals surface area contributed by atoms with Gasteiger partial charge < -0.3 is 10.2 Å². The van der Waals surface area contributed by atoms with Crippen molar-refractivity contribution in [2.45, 2.75) is 19.3 Å². The van der Waals surface area contributed by atoms with Crippen LogP contribution < -0.4 is 5.32 Å². The standard InChI is InChI=1S/C12H17N2O4/c15-11-4-3-10(9-12(11)16)5-7-13-6-1-2-8-14(17)18/h3-4,9,15-16H,1-2,5-8H2. The zero-order valence-electron chi connectivity index (χ0n) is 10.1. The maximum atomic E-state index is 10.1. The van der Waals surface area contributed by atoms with Crippen molar-refractivity contribution in [2.24, 2.45) is 0 Å². The van der Waals surface area contributed by atoms with Gasteiger partial charge in [0.1, 0.15) is 0 Å². The summed E-state index contributed by atoms with van der Waals surface area (Å²) in [6, 6.07) is 4.69. The number of unbranched alkanes of at least 4 members (excludes halogenated alkanes) is 1. The number of nitrogens with zero attached hydrogens (tertiary/aromatic N) is 2. The number of hydrogen-bond donors (Lipinski definition) is 2. The zero-order chi connectivity index (χ0) is 13.4. The van der Waals surface area contributed by atoms with E-state index in [0.717, 1.165) is 12.0 Å². The highest BCUT2D eigenvalue weighted by molar-refractivity contribution is 5.40. The number of phenols is 2. The van der Waals surface area contributed by atoms with Gasteiger partial charge in [0, 0.05) is 24.4 Å². The molecule has 1 aromatic rings. The van der Waals surface area contributed by atoms with E-state index >= 15 is 0 Å². The second kappa shape index (κ2) is 7.50. The Bertz CT molecular complexity index is 396. The maximum Gasteiger partial charge on any atom is 0.203 e. The summed E-state index contributed by atoms with van der Waals surface area (Å²) >= 11 is 0. The molecule has 0 spiro atoms. The molecule has 18 heavy (non-hydrogen) atoms. The molecule has 1 aromatic carbocycles. The first kappa shape index (κ1) is 14.2. The summed E-state index contributed by atoms with van der Waals surface area (Å²) in [4.78, 5) is 9.74. The van der Waals surface area contributed by atoms with Crippen LogP contribution in [-0.4, -0.2) is 34.8 Å². The Morgan fingerprint density at radius 2 is 1.94 bits per heavy atom. The third kappa shape index (κ3) is 5.49. The molecule has 2 N–H and O–H groups in total. The second-order valence-corrected chi connectivity index (χ2v) is 4.01. The fourth-order valence-electron chi connectivity index (χ4n) is 1.51. The third-order valence-electron chi connectivity index (χ3n) is 2.51. The minimum absolute atomic E-state index is 0.00134. The lowest BCUT2D eigenvalue weighted by Gasteiger charge is -2.04. The van der Waals surface area contributed by atoms with E-state index in [-0.39, 0.29) is 23.0 Å². The monoisotopic (exact) mass is 253 g/mol. The number of nitro groups is 1. The number of phenolic OH excluding ortho intramolecular Hbond substituents is 2. The average molecular weight is 253 g/mol. The van der Waals surface area contributed by atoms with Gasteiger partial charge in [-0.3, -0.25) is 10.1 Å². The Balaban J connectivity index is 2.10. The second-order valence-electron chi connectivity index (χ2n) is 4.01. The Kier molecular flexibility index (Phi) is 5.93. The molecule has 0 bridgehead atoms. The first-order chi connectivity index (χ1) is 8.59. The van der Waals surface area contributed by atoms with Crippen molar-refractivity contribution in [3.8, 4) is 11.5 Å². The minimum atomic E-state index is -0.320. The summed E-state index contributed by atoms with van der Waals surface area (Å²) in [5.74, 6) is -0.256. The highest BCUT2D eigenvalue weighted by Crippen LogP contribution is 2.24. The first-order valence-electron chi connectivity index (χ1n) is 5.85. The van der Waals surface area contributed by atoms with Crippen LogP contribution >= 0.6 is 0 Å². The average Bonchev–Trinajstić information content (AvgIpc) is 2.32. The molecule has 0 aliphatic rings. The summed E-state index contributed by atoms with van der Waals surface area (Å²) in [6.45, 7) is 1.24. The molecule has 0 aliphatic carbocycles. The van der Waals surface area contributed by atoms with E-state index in [9.17, 15) is 15.2 Å². The molecule has 99 valence electrons. The topological polar surface area (TPSA) is 97.7 Å². The van der Waals surface area contributed by atoms with E-state index in [0.29, 0.717) is 25.9 Å². The molecular formula is C12H17N2O4. The quantitative estimate of drug-likeness (QED) is 0.316. The van der Waals surface area contributed by atoms with Crippen molar-refractivity contribution in [1.29, 1.82) is 0 Å². The minimum Gasteiger partial charge on any atom is -0.504 e. The van der Waals surface area contributed by atoms with Gasteiger partial charge in [0.15, 0.2) is 11.5 Å². The van der Waals surface area contributed by atoms with Gasteiger partial charge in [0.2, 0.25) is 6.54 Å². The summed E-state index contributed by atoms with van der Waals surface area (Å²) in [5.41, 5.74) is 0.902. The van der Waals surface area contributed by atoms with Crippen LogP contribution in [0.25, 0.3) is 0 Å². The first-order valence-corrected chi connectivity index (χ1v) is 5.85. The fourth-order valence-corrected chi connectivity index (χ4v) is 1.51. The smallest absolute Gasteiger partial charge is 0.203 e. The number of rotatable bonds is 8. The number of aromatic hydroxyl groups is 2. The molecule has 0 heterocycles. The fraction of sp³-hybridized carbons (Fsp3) is 0.500. The molecule has 6 nitrogen and oxygen atoms in total. The Labute approximate surface area is 105 Å². The maximum absolute atomic E-state index is 10.1. The Morgan fingerprint density at radius 1 is 1.17 bits per heavy atom. The van der Waals surface area contributed by atoms with Crippen LogP contribution in [0.15, 0.2) is 18.2 Å². The molecule has 1 radical (unpaired) electrons. The molecule has 0 fully saturated rings. The van der Waals surface area contributed by atoms with Crippen molar-refractivity contribution in [3.63, 3.8) is 0 Å². The van der Waals surface area contributed by atoms with E-state index in [2.05, 4.69) is 5.32 Å². The van der Waals surface area contributed by atoms with Crippen molar-refractivity contribution in [3.05, 3.63) is 33.9 Å². The predicted octanol–water partition coefficient (Wildman–Crippen LogP) is 1.30. The lowest BCUT2D eigenvalue weighted by Crippen LogP contribution is -2.12. The zero-order valence-corrected chi connectivity index (χ0v) is 10.1. The molecule has 0 atom stereocenters. The van der Waals surface area contributed by atoms with Gasteiger partial charge in [-0.05, 0) is 30.5 Å².